The van der Waals surface area contributed by atoms with Crippen LogP contribution >= 0.6 is 0 Å². The first kappa shape index (κ1) is 15.8. The molecule has 0 bridgehead atoms. The van der Waals surface area contributed by atoms with Gasteiger partial charge in [-0.05, 0) is 39.0 Å². The van der Waals surface area contributed by atoms with Crippen molar-refractivity contribution in [2.24, 2.45) is 0 Å². The Morgan fingerprint density at radius 3 is 2.05 bits per heavy atom. The van der Waals surface area contributed by atoms with Crippen LogP contribution in [0.1, 0.15) is 32.4 Å². The molecule has 0 radical (unpaired) electrons. The van der Waals surface area contributed by atoms with Gasteiger partial charge in [0.1, 0.15) is 24.7 Å². The smallest absolute Gasteiger partial charge is 0.125 e. The van der Waals surface area contributed by atoms with E-state index in [4.69, 9.17) is 14.6 Å². The molecule has 108 valence electrons. The molecule has 3 N–H and O–H groups in total. The molecule has 0 spiro atoms. The summed E-state index contributed by atoms with van der Waals surface area (Å²) in [6, 6.07) is 5.05. The predicted molar refractivity (Wildman–Crippen MR) is 71.4 cm³/mol. The van der Waals surface area contributed by atoms with E-state index in [-0.39, 0.29) is 13.2 Å². The minimum atomic E-state index is -0.709. The van der Waals surface area contributed by atoms with Crippen molar-refractivity contribution in [2.75, 3.05) is 13.2 Å². The molecule has 5 nitrogen and oxygen atoms in total. The van der Waals surface area contributed by atoms with Gasteiger partial charge in [0.2, 0.25) is 0 Å². The molecular weight excluding hydrogens is 248 g/mol. The Morgan fingerprint density at radius 2 is 1.53 bits per heavy atom. The Balaban J connectivity index is 2.82. The predicted octanol–water partition coefficient (Wildman–Crippen LogP) is 1.26. The van der Waals surface area contributed by atoms with E-state index in [0.29, 0.717) is 17.1 Å². The standard InChI is InChI=1S/C14H22O5/c1-9(15)7-18-12-4-5-14(19-8-10(2)16)13(6-12)11(3)17/h4-6,9-11,15-17H,7-8H2,1-3H3. The Kier molecular flexibility index (Phi) is 6.08. The lowest BCUT2D eigenvalue weighted by atomic mass is 10.1. The van der Waals surface area contributed by atoms with Crippen LogP contribution in [0.25, 0.3) is 0 Å². The first-order chi connectivity index (χ1) is 8.90. The second-order valence-electron chi connectivity index (χ2n) is 4.70. The molecule has 0 saturated heterocycles. The van der Waals surface area contributed by atoms with E-state index >= 15 is 0 Å². The molecule has 0 aliphatic rings. The van der Waals surface area contributed by atoms with Crippen LogP contribution in [0.2, 0.25) is 0 Å². The average Bonchev–Trinajstić information content (AvgIpc) is 2.33. The number of hydrogen-bond donors (Lipinski definition) is 3. The van der Waals surface area contributed by atoms with Gasteiger partial charge in [-0.25, -0.2) is 0 Å². The van der Waals surface area contributed by atoms with E-state index in [1.165, 1.54) is 0 Å². The van der Waals surface area contributed by atoms with E-state index in [1.54, 1.807) is 39.0 Å². The topological polar surface area (TPSA) is 79.2 Å². The highest BCUT2D eigenvalue weighted by Crippen LogP contribution is 2.29. The molecule has 0 saturated carbocycles. The maximum Gasteiger partial charge on any atom is 0.125 e. The zero-order chi connectivity index (χ0) is 14.4. The van der Waals surface area contributed by atoms with Crippen LogP contribution in [0, 0.1) is 0 Å². The molecule has 5 heteroatoms. The van der Waals surface area contributed by atoms with Crippen LogP contribution in [0.4, 0.5) is 0 Å². The summed E-state index contributed by atoms with van der Waals surface area (Å²) in [6.07, 6.45) is -1.84. The molecule has 3 atom stereocenters. The fourth-order valence-corrected chi connectivity index (χ4v) is 1.50. The zero-order valence-electron chi connectivity index (χ0n) is 11.5. The molecule has 19 heavy (non-hydrogen) atoms. The molecule has 1 aromatic carbocycles. The van der Waals surface area contributed by atoms with Crippen molar-refractivity contribution in [3.05, 3.63) is 23.8 Å². The Labute approximate surface area is 113 Å². The number of aliphatic hydroxyl groups excluding tert-OH is 3. The van der Waals surface area contributed by atoms with Crippen molar-refractivity contribution in [3.8, 4) is 11.5 Å². The second-order valence-corrected chi connectivity index (χ2v) is 4.70. The largest absolute Gasteiger partial charge is 0.491 e. The molecule has 0 aromatic heterocycles. The first-order valence-electron chi connectivity index (χ1n) is 6.34. The fourth-order valence-electron chi connectivity index (χ4n) is 1.50. The summed E-state index contributed by atoms with van der Waals surface area (Å²) in [5.41, 5.74) is 0.587. The van der Waals surface area contributed by atoms with Crippen LogP contribution in [-0.4, -0.2) is 40.7 Å². The lowest BCUT2D eigenvalue weighted by molar-refractivity contribution is 0.116. The van der Waals surface area contributed by atoms with Crippen molar-refractivity contribution >= 4 is 0 Å². The molecule has 0 fully saturated rings. The Hall–Kier alpha value is -1.30. The SMILES string of the molecule is CC(O)COc1ccc(OCC(C)O)c(C(C)O)c1. The van der Waals surface area contributed by atoms with Gasteiger partial charge in [-0.3, -0.25) is 0 Å². The van der Waals surface area contributed by atoms with Gasteiger partial charge in [0.25, 0.3) is 0 Å². The normalized spacial score (nSPS) is 15.7. The third-order valence-corrected chi connectivity index (χ3v) is 2.40. The average molecular weight is 270 g/mol. The molecular formula is C14H22O5. The highest BCUT2D eigenvalue weighted by Gasteiger charge is 2.12. The molecule has 0 aliphatic heterocycles. The number of hydrogen-bond acceptors (Lipinski definition) is 5. The van der Waals surface area contributed by atoms with Gasteiger partial charge < -0.3 is 24.8 Å². The minimum Gasteiger partial charge on any atom is -0.491 e. The molecule has 1 rings (SSSR count). The van der Waals surface area contributed by atoms with E-state index in [0.717, 1.165) is 0 Å². The molecule has 0 amide bonds. The third-order valence-electron chi connectivity index (χ3n) is 2.40. The van der Waals surface area contributed by atoms with Crippen molar-refractivity contribution in [3.63, 3.8) is 0 Å². The summed E-state index contributed by atoms with van der Waals surface area (Å²) in [6.45, 7) is 5.24. The van der Waals surface area contributed by atoms with Crippen molar-refractivity contribution in [1.29, 1.82) is 0 Å². The quantitative estimate of drug-likeness (QED) is 0.695. The van der Waals surface area contributed by atoms with Crippen LogP contribution in [0.15, 0.2) is 18.2 Å². The minimum absolute atomic E-state index is 0.160. The summed E-state index contributed by atoms with van der Waals surface area (Å²) in [5.74, 6) is 1.07. The highest BCUT2D eigenvalue weighted by molar-refractivity contribution is 5.41. The van der Waals surface area contributed by atoms with Gasteiger partial charge in [-0.1, -0.05) is 0 Å². The molecule has 1 aromatic rings. The van der Waals surface area contributed by atoms with Crippen LogP contribution in [0.5, 0.6) is 11.5 Å². The second kappa shape index (κ2) is 7.33. The van der Waals surface area contributed by atoms with Crippen LogP contribution in [-0.2, 0) is 0 Å². The van der Waals surface area contributed by atoms with Crippen molar-refractivity contribution in [2.45, 2.75) is 39.1 Å². The third kappa shape index (κ3) is 5.46. The summed E-state index contributed by atoms with van der Waals surface area (Å²) in [7, 11) is 0. The van der Waals surface area contributed by atoms with Gasteiger partial charge in [-0.2, -0.15) is 0 Å². The van der Waals surface area contributed by atoms with E-state index in [9.17, 15) is 10.2 Å². The molecule has 3 unspecified atom stereocenters. The monoisotopic (exact) mass is 270 g/mol. The first-order valence-corrected chi connectivity index (χ1v) is 6.34. The molecule has 0 aliphatic carbocycles. The van der Waals surface area contributed by atoms with Gasteiger partial charge in [0, 0.05) is 5.56 Å². The van der Waals surface area contributed by atoms with Crippen LogP contribution in [0.3, 0.4) is 0 Å². The van der Waals surface area contributed by atoms with Crippen molar-refractivity contribution < 1.29 is 24.8 Å². The number of aliphatic hydroxyl groups is 3. The van der Waals surface area contributed by atoms with Gasteiger partial charge >= 0.3 is 0 Å². The Bertz CT molecular complexity index is 387. The summed E-state index contributed by atoms with van der Waals surface area (Å²) in [4.78, 5) is 0. The Morgan fingerprint density at radius 1 is 0.947 bits per heavy atom. The maximum atomic E-state index is 9.72. The zero-order valence-corrected chi connectivity index (χ0v) is 11.5. The van der Waals surface area contributed by atoms with Crippen LogP contribution < -0.4 is 9.47 Å². The fraction of sp³-hybridized carbons (Fsp3) is 0.571. The van der Waals surface area contributed by atoms with Gasteiger partial charge in [0.05, 0.1) is 18.3 Å². The van der Waals surface area contributed by atoms with E-state index < -0.39 is 18.3 Å². The number of rotatable bonds is 7. The maximum absolute atomic E-state index is 9.72. The van der Waals surface area contributed by atoms with Crippen molar-refractivity contribution in [1.82, 2.24) is 0 Å². The van der Waals surface area contributed by atoms with E-state index in [2.05, 4.69) is 0 Å². The summed E-state index contributed by atoms with van der Waals surface area (Å²) < 4.78 is 10.8. The van der Waals surface area contributed by atoms with Gasteiger partial charge in [-0.15, -0.1) is 0 Å². The van der Waals surface area contributed by atoms with Gasteiger partial charge in [0.15, 0.2) is 0 Å². The summed E-state index contributed by atoms with van der Waals surface area (Å²) >= 11 is 0. The lowest BCUT2D eigenvalue weighted by Crippen LogP contribution is -2.15. The molecule has 0 heterocycles. The van der Waals surface area contributed by atoms with E-state index in [1.807, 2.05) is 0 Å². The lowest BCUT2D eigenvalue weighted by Gasteiger charge is -2.16. The summed E-state index contributed by atoms with van der Waals surface area (Å²) in [5, 5.41) is 28.1. The highest BCUT2D eigenvalue weighted by atomic mass is 16.5. The number of benzene rings is 1. The number of ether oxygens (including phenoxy) is 2.